The maximum Gasteiger partial charge on any atom is 0.416 e. The third-order valence-electron chi connectivity index (χ3n) is 5.69. The second-order valence-corrected chi connectivity index (χ2v) is 10.1. The van der Waals surface area contributed by atoms with Gasteiger partial charge in [-0.2, -0.15) is 17.5 Å². The molecule has 4 rings (SSSR count). The minimum atomic E-state index is -4.46. The molecule has 0 saturated carbocycles. The first-order chi connectivity index (χ1) is 17.4. The van der Waals surface area contributed by atoms with Gasteiger partial charge in [-0.15, -0.1) is 0 Å². The van der Waals surface area contributed by atoms with E-state index in [4.69, 9.17) is 4.42 Å². The largest absolute Gasteiger partial charge is 0.443 e. The topological polar surface area (TPSA) is 105 Å². The Morgan fingerprint density at radius 2 is 1.78 bits per heavy atom. The van der Waals surface area contributed by atoms with E-state index in [1.54, 1.807) is 0 Å². The van der Waals surface area contributed by atoms with Gasteiger partial charge in [0.25, 0.3) is 10.0 Å². The smallest absolute Gasteiger partial charge is 0.416 e. The van der Waals surface area contributed by atoms with Crippen LogP contribution in [0.5, 0.6) is 0 Å². The molecule has 0 fully saturated rings. The number of benzene rings is 2. The van der Waals surface area contributed by atoms with E-state index >= 15 is 0 Å². The van der Waals surface area contributed by atoms with Crippen molar-refractivity contribution in [2.75, 3.05) is 7.05 Å². The summed E-state index contributed by atoms with van der Waals surface area (Å²) in [6, 6.07) is 9.55. The molecule has 8 nitrogen and oxygen atoms in total. The van der Waals surface area contributed by atoms with Crippen molar-refractivity contribution >= 4 is 26.9 Å². The van der Waals surface area contributed by atoms with Crippen LogP contribution in [0.15, 0.2) is 70.4 Å². The number of rotatable bonds is 7. The van der Waals surface area contributed by atoms with Crippen molar-refractivity contribution in [1.82, 2.24) is 19.6 Å². The molecule has 1 amide bonds. The zero-order valence-electron chi connectivity index (χ0n) is 19.5. The predicted molar refractivity (Wildman–Crippen MR) is 125 cm³/mol. The third kappa shape index (κ3) is 5.62. The van der Waals surface area contributed by atoms with E-state index in [9.17, 15) is 30.8 Å². The molecule has 0 unspecified atom stereocenters. The molecule has 2 aromatic heterocycles. The number of carbonyl (C=O) groups is 1. The molecule has 0 spiro atoms. The Bertz CT molecular complexity index is 1550. The molecule has 0 aliphatic heterocycles. The highest BCUT2D eigenvalue weighted by Gasteiger charge is 2.32. The third-order valence-corrected chi connectivity index (χ3v) is 7.47. The molecular formula is C24H20F4N4O4S. The van der Waals surface area contributed by atoms with Gasteiger partial charge in [0.05, 0.1) is 23.5 Å². The van der Waals surface area contributed by atoms with Crippen LogP contribution in [-0.4, -0.2) is 41.7 Å². The van der Waals surface area contributed by atoms with Gasteiger partial charge < -0.3 is 9.73 Å². The fraction of sp³-hybridized carbons (Fsp3) is 0.208. The zero-order valence-corrected chi connectivity index (χ0v) is 20.3. The lowest BCUT2D eigenvalue weighted by molar-refractivity contribution is -0.137. The van der Waals surface area contributed by atoms with E-state index in [2.05, 4.69) is 15.3 Å². The SMILES string of the molecule is C[C@@H](C(=O)NCc1cc(-c2ccc(C(F)(F)F)cc2)ncn1)N(C)S(=O)(=O)c1cc2cc(F)ccc2o1. The fourth-order valence-corrected chi connectivity index (χ4v) is 4.71. The number of sulfonamides is 1. The number of carbonyl (C=O) groups excluding carboxylic acids is 1. The first kappa shape index (κ1) is 26.2. The summed E-state index contributed by atoms with van der Waals surface area (Å²) in [4.78, 5) is 20.8. The molecule has 13 heteroatoms. The van der Waals surface area contributed by atoms with Gasteiger partial charge >= 0.3 is 6.18 Å². The minimum absolute atomic E-state index is 0.0862. The van der Waals surface area contributed by atoms with Gasteiger partial charge in [-0.1, -0.05) is 12.1 Å². The van der Waals surface area contributed by atoms with Crippen molar-refractivity contribution < 1.29 is 35.2 Å². The van der Waals surface area contributed by atoms with Crippen LogP contribution in [0.3, 0.4) is 0 Å². The Kier molecular flexibility index (Phi) is 7.02. The monoisotopic (exact) mass is 536 g/mol. The van der Waals surface area contributed by atoms with Crippen LogP contribution in [0.25, 0.3) is 22.2 Å². The van der Waals surface area contributed by atoms with E-state index in [-0.39, 0.29) is 17.5 Å². The molecule has 37 heavy (non-hydrogen) atoms. The van der Waals surface area contributed by atoms with E-state index in [1.807, 2.05) is 0 Å². The lowest BCUT2D eigenvalue weighted by Gasteiger charge is -2.22. The van der Waals surface area contributed by atoms with Gasteiger partial charge in [0.15, 0.2) is 0 Å². The first-order valence-corrected chi connectivity index (χ1v) is 12.2. The van der Waals surface area contributed by atoms with Crippen LogP contribution < -0.4 is 5.32 Å². The number of hydrogen-bond acceptors (Lipinski definition) is 6. The molecule has 0 radical (unpaired) electrons. The molecule has 0 aliphatic rings. The second kappa shape index (κ2) is 9.90. The van der Waals surface area contributed by atoms with Crippen LogP contribution in [0, 0.1) is 5.82 Å². The van der Waals surface area contributed by atoms with E-state index in [0.29, 0.717) is 17.0 Å². The molecule has 2 heterocycles. The summed E-state index contributed by atoms with van der Waals surface area (Å²) < 4.78 is 83.9. The van der Waals surface area contributed by atoms with Crippen molar-refractivity contribution in [1.29, 1.82) is 0 Å². The lowest BCUT2D eigenvalue weighted by atomic mass is 10.1. The summed E-state index contributed by atoms with van der Waals surface area (Å²) >= 11 is 0. The fourth-order valence-electron chi connectivity index (χ4n) is 3.44. The summed E-state index contributed by atoms with van der Waals surface area (Å²) in [6.07, 6.45) is -3.25. The Hall–Kier alpha value is -3.84. The Labute approximate surface area is 209 Å². The van der Waals surface area contributed by atoms with Crippen LogP contribution in [-0.2, 0) is 27.5 Å². The number of aromatic nitrogens is 2. The van der Waals surface area contributed by atoms with Crippen LogP contribution in [0.1, 0.15) is 18.2 Å². The predicted octanol–water partition coefficient (Wildman–Crippen LogP) is 4.37. The molecule has 0 bridgehead atoms. The number of furan rings is 1. The number of fused-ring (bicyclic) bond motifs is 1. The second-order valence-electron chi connectivity index (χ2n) is 8.13. The number of alkyl halides is 3. The van der Waals surface area contributed by atoms with E-state index in [0.717, 1.165) is 28.6 Å². The highest BCUT2D eigenvalue weighted by molar-refractivity contribution is 7.89. The van der Waals surface area contributed by atoms with E-state index < -0.39 is 44.6 Å². The van der Waals surface area contributed by atoms with E-state index in [1.165, 1.54) is 50.6 Å². The molecule has 0 aliphatic carbocycles. The molecule has 0 saturated heterocycles. The quantitative estimate of drug-likeness (QED) is 0.352. The molecule has 194 valence electrons. The molecule has 1 N–H and O–H groups in total. The number of nitrogens with one attached hydrogen (secondary N) is 1. The minimum Gasteiger partial charge on any atom is -0.443 e. The summed E-state index contributed by atoms with van der Waals surface area (Å²) in [7, 11) is -3.01. The molecular weight excluding hydrogens is 516 g/mol. The number of likely N-dealkylation sites (N-methyl/N-ethyl adjacent to an activating group) is 1. The van der Waals surface area contributed by atoms with Crippen molar-refractivity contribution in [2.45, 2.75) is 30.8 Å². The summed E-state index contributed by atoms with van der Waals surface area (Å²) in [5.74, 6) is -1.19. The van der Waals surface area contributed by atoms with Crippen LogP contribution in [0.4, 0.5) is 17.6 Å². The average molecular weight is 537 g/mol. The number of amides is 1. The lowest BCUT2D eigenvalue weighted by Crippen LogP contribution is -2.45. The summed E-state index contributed by atoms with van der Waals surface area (Å²) in [6.45, 7) is 1.29. The molecule has 1 atom stereocenters. The molecule has 4 aromatic rings. The van der Waals surface area contributed by atoms with Gasteiger partial charge in [-0.05, 0) is 43.3 Å². The molecule has 2 aromatic carbocycles. The summed E-state index contributed by atoms with van der Waals surface area (Å²) in [5, 5.41) is 2.40. The van der Waals surface area contributed by atoms with Gasteiger partial charge in [0.2, 0.25) is 11.0 Å². The summed E-state index contributed by atoms with van der Waals surface area (Å²) in [5.41, 5.74) is 0.518. The van der Waals surface area contributed by atoms with Crippen LogP contribution >= 0.6 is 0 Å². The van der Waals surface area contributed by atoms with Crippen molar-refractivity contribution in [3.05, 3.63) is 78.0 Å². The highest BCUT2D eigenvalue weighted by Crippen LogP contribution is 2.31. The van der Waals surface area contributed by atoms with Gasteiger partial charge in [0, 0.05) is 24.1 Å². The normalized spacial score (nSPS) is 13.2. The maximum absolute atomic E-state index is 13.4. The number of nitrogens with zero attached hydrogens (tertiary/aromatic N) is 3. The maximum atomic E-state index is 13.4. The van der Waals surface area contributed by atoms with Gasteiger partial charge in [-0.3, -0.25) is 4.79 Å². The standard InChI is InChI=1S/C24H20F4N4O4S/c1-14(32(2)37(34,35)22-10-16-9-18(25)7-8-21(16)36-22)23(33)29-12-19-11-20(31-13-30-19)15-3-5-17(6-4-15)24(26,27)28/h3-11,13-14H,12H2,1-2H3,(H,29,33)/t14-/m0/s1. The Morgan fingerprint density at radius 1 is 1.08 bits per heavy atom. The van der Waals surface area contributed by atoms with Crippen molar-refractivity contribution in [2.24, 2.45) is 0 Å². The van der Waals surface area contributed by atoms with Crippen molar-refractivity contribution in [3.63, 3.8) is 0 Å². The van der Waals surface area contributed by atoms with Crippen molar-refractivity contribution in [3.8, 4) is 11.3 Å². The highest BCUT2D eigenvalue weighted by atomic mass is 32.2. The van der Waals surface area contributed by atoms with Gasteiger partial charge in [0.1, 0.15) is 23.8 Å². The first-order valence-electron chi connectivity index (χ1n) is 10.8. The van der Waals surface area contributed by atoms with Gasteiger partial charge in [-0.25, -0.2) is 22.8 Å². The Balaban J connectivity index is 1.43. The van der Waals surface area contributed by atoms with Crippen LogP contribution in [0.2, 0.25) is 0 Å². The number of hydrogen-bond donors (Lipinski definition) is 1. The number of halogens is 4. The Morgan fingerprint density at radius 3 is 2.46 bits per heavy atom. The average Bonchev–Trinajstić information content (AvgIpc) is 3.30. The zero-order chi connectivity index (χ0) is 27.0.